The minimum absolute atomic E-state index is 0.371. The van der Waals surface area contributed by atoms with E-state index >= 15 is 0 Å². The molecule has 1 fully saturated rings. The van der Waals surface area contributed by atoms with Crippen LogP contribution in [0.3, 0.4) is 0 Å². The van der Waals surface area contributed by atoms with Crippen LogP contribution >= 0.6 is 11.9 Å². The Morgan fingerprint density at radius 3 is 2.86 bits per heavy atom. The zero-order valence-corrected chi connectivity index (χ0v) is 20.9. The molecule has 4 heterocycles. The molecule has 0 spiro atoms. The SMILES string of the molecule is CCc1cc(-c2ccc3c(NSc4ccccc4)ncnn23)cc2cnc(NC3CCCNC3)nc12. The van der Waals surface area contributed by atoms with E-state index in [9.17, 15) is 0 Å². The number of hydrogen-bond acceptors (Lipinski definition) is 8. The fourth-order valence-corrected chi connectivity index (χ4v) is 5.36. The summed E-state index contributed by atoms with van der Waals surface area (Å²) in [5.74, 6) is 1.48. The lowest BCUT2D eigenvalue weighted by molar-refractivity contribution is 0.478. The number of fused-ring (bicyclic) bond motifs is 2. The van der Waals surface area contributed by atoms with Gasteiger partial charge in [-0.3, -0.25) is 0 Å². The Bertz CT molecular complexity index is 1490. The summed E-state index contributed by atoms with van der Waals surface area (Å²) in [6, 6.07) is 19.1. The average Bonchev–Trinajstić information content (AvgIpc) is 3.37. The van der Waals surface area contributed by atoms with E-state index in [2.05, 4.69) is 73.7 Å². The van der Waals surface area contributed by atoms with Crippen LogP contribution in [-0.2, 0) is 6.42 Å². The molecule has 1 unspecified atom stereocenters. The van der Waals surface area contributed by atoms with Gasteiger partial charge in [-0.15, -0.1) is 0 Å². The Labute approximate surface area is 214 Å². The normalized spacial score (nSPS) is 15.9. The van der Waals surface area contributed by atoms with Crippen molar-refractivity contribution in [1.82, 2.24) is 29.9 Å². The zero-order chi connectivity index (χ0) is 24.3. The number of hydrogen-bond donors (Lipinski definition) is 3. The number of nitrogens with zero attached hydrogens (tertiary/aromatic N) is 5. The molecule has 6 rings (SSSR count). The van der Waals surface area contributed by atoms with E-state index in [0.717, 1.165) is 64.3 Å². The second kappa shape index (κ2) is 10.1. The van der Waals surface area contributed by atoms with Gasteiger partial charge in [0.05, 0.1) is 11.2 Å². The summed E-state index contributed by atoms with van der Waals surface area (Å²) in [4.78, 5) is 15.1. The third-order valence-electron chi connectivity index (χ3n) is 6.53. The van der Waals surface area contributed by atoms with Gasteiger partial charge in [0.2, 0.25) is 5.95 Å². The first-order valence-electron chi connectivity index (χ1n) is 12.4. The van der Waals surface area contributed by atoms with Gasteiger partial charge >= 0.3 is 0 Å². The van der Waals surface area contributed by atoms with E-state index < -0.39 is 0 Å². The minimum atomic E-state index is 0.371. The van der Waals surface area contributed by atoms with E-state index in [1.54, 1.807) is 6.33 Å². The van der Waals surface area contributed by atoms with Gasteiger partial charge in [0, 0.05) is 34.6 Å². The van der Waals surface area contributed by atoms with Crippen molar-refractivity contribution in [3.63, 3.8) is 0 Å². The summed E-state index contributed by atoms with van der Waals surface area (Å²) in [5.41, 5.74) is 5.20. The molecule has 1 saturated heterocycles. The Morgan fingerprint density at radius 2 is 2.03 bits per heavy atom. The summed E-state index contributed by atoms with van der Waals surface area (Å²) in [6.07, 6.45) is 6.71. The molecule has 2 aromatic carbocycles. The maximum absolute atomic E-state index is 4.90. The Morgan fingerprint density at radius 1 is 1.11 bits per heavy atom. The molecule has 1 aliphatic rings. The Hall–Kier alpha value is -3.69. The van der Waals surface area contributed by atoms with E-state index in [0.29, 0.717) is 12.0 Å². The van der Waals surface area contributed by atoms with Crippen molar-refractivity contribution in [2.45, 2.75) is 37.1 Å². The number of nitrogens with one attached hydrogen (secondary N) is 3. The molecular weight excluding hydrogens is 468 g/mol. The monoisotopic (exact) mass is 496 g/mol. The predicted octanol–water partition coefficient (Wildman–Crippen LogP) is 5.19. The molecule has 182 valence electrons. The van der Waals surface area contributed by atoms with Crippen LogP contribution in [0.25, 0.3) is 27.7 Å². The highest BCUT2D eigenvalue weighted by atomic mass is 32.2. The van der Waals surface area contributed by atoms with Crippen LogP contribution in [0.4, 0.5) is 11.8 Å². The predicted molar refractivity (Wildman–Crippen MR) is 146 cm³/mol. The minimum Gasteiger partial charge on any atom is -0.350 e. The van der Waals surface area contributed by atoms with Crippen LogP contribution in [-0.4, -0.2) is 43.7 Å². The van der Waals surface area contributed by atoms with Crippen molar-refractivity contribution in [2.75, 3.05) is 23.1 Å². The van der Waals surface area contributed by atoms with Crippen molar-refractivity contribution >= 4 is 40.1 Å². The number of aromatic nitrogens is 5. The summed E-state index contributed by atoms with van der Waals surface area (Å²) < 4.78 is 5.31. The number of anilines is 2. The maximum atomic E-state index is 4.90. The smallest absolute Gasteiger partial charge is 0.223 e. The lowest BCUT2D eigenvalue weighted by atomic mass is 10.0. The Balaban J connectivity index is 1.32. The lowest BCUT2D eigenvalue weighted by Crippen LogP contribution is -2.38. The molecule has 1 atom stereocenters. The van der Waals surface area contributed by atoms with Gasteiger partial charge in [-0.25, -0.2) is 19.5 Å². The molecule has 36 heavy (non-hydrogen) atoms. The van der Waals surface area contributed by atoms with Crippen molar-refractivity contribution in [1.29, 1.82) is 0 Å². The molecule has 0 bridgehead atoms. The van der Waals surface area contributed by atoms with Crippen LogP contribution in [0.2, 0.25) is 0 Å². The molecule has 0 saturated carbocycles. The van der Waals surface area contributed by atoms with Crippen LogP contribution in [0.5, 0.6) is 0 Å². The van der Waals surface area contributed by atoms with E-state index in [-0.39, 0.29) is 0 Å². The number of rotatable bonds is 7. The lowest BCUT2D eigenvalue weighted by Gasteiger charge is -2.23. The first-order chi connectivity index (χ1) is 17.8. The standard InChI is InChI=1S/C27H28N8S/c1-2-18-13-19(14-20-15-29-27(33-25(18)20)32-21-7-6-12-28-16-21)23-10-11-24-26(30-17-31-35(23)24)34-36-22-8-4-3-5-9-22/h3-5,8-11,13-15,17,21,28H,2,6-7,12,16H2,1H3,(H,29,32,33)(H,30,31,34). The zero-order valence-electron chi connectivity index (χ0n) is 20.1. The molecule has 8 nitrogen and oxygen atoms in total. The highest BCUT2D eigenvalue weighted by molar-refractivity contribution is 8.00. The topological polar surface area (TPSA) is 92.1 Å². The molecule has 9 heteroatoms. The molecule has 0 radical (unpaired) electrons. The van der Waals surface area contributed by atoms with Gasteiger partial charge < -0.3 is 15.4 Å². The summed E-state index contributed by atoms with van der Waals surface area (Å²) in [5, 5.41) is 12.5. The van der Waals surface area contributed by atoms with E-state index in [4.69, 9.17) is 4.98 Å². The van der Waals surface area contributed by atoms with Crippen LogP contribution in [0, 0.1) is 0 Å². The number of aryl methyl sites for hydroxylation is 1. The maximum Gasteiger partial charge on any atom is 0.223 e. The highest BCUT2D eigenvalue weighted by Gasteiger charge is 2.16. The highest BCUT2D eigenvalue weighted by Crippen LogP contribution is 2.31. The van der Waals surface area contributed by atoms with Crippen LogP contribution < -0.4 is 15.4 Å². The van der Waals surface area contributed by atoms with Gasteiger partial charge in [-0.05, 0) is 79.7 Å². The molecule has 3 aromatic heterocycles. The van der Waals surface area contributed by atoms with Crippen molar-refractivity contribution < 1.29 is 0 Å². The van der Waals surface area contributed by atoms with Gasteiger partial charge in [0.25, 0.3) is 0 Å². The van der Waals surface area contributed by atoms with Gasteiger partial charge in [-0.2, -0.15) is 5.10 Å². The van der Waals surface area contributed by atoms with E-state index in [1.165, 1.54) is 23.9 Å². The molecule has 5 aromatic rings. The first-order valence-corrected chi connectivity index (χ1v) is 13.2. The van der Waals surface area contributed by atoms with Crippen LogP contribution in [0.1, 0.15) is 25.3 Å². The average molecular weight is 497 g/mol. The summed E-state index contributed by atoms with van der Waals surface area (Å²) >= 11 is 1.53. The fraction of sp³-hybridized carbons (Fsp3) is 0.259. The number of benzene rings is 2. The second-order valence-electron chi connectivity index (χ2n) is 8.95. The molecule has 1 aliphatic heterocycles. The summed E-state index contributed by atoms with van der Waals surface area (Å²) in [6.45, 7) is 4.20. The molecule has 0 amide bonds. The molecule has 3 N–H and O–H groups in total. The van der Waals surface area contributed by atoms with Gasteiger partial charge in [-0.1, -0.05) is 25.1 Å². The third-order valence-corrected chi connectivity index (χ3v) is 7.33. The van der Waals surface area contributed by atoms with Gasteiger partial charge in [0.1, 0.15) is 11.8 Å². The van der Waals surface area contributed by atoms with E-state index in [1.807, 2.05) is 28.9 Å². The van der Waals surface area contributed by atoms with Crippen molar-refractivity contribution in [3.05, 3.63) is 72.7 Å². The molecular formula is C27H28N8S. The van der Waals surface area contributed by atoms with Crippen molar-refractivity contribution in [3.8, 4) is 11.3 Å². The fourth-order valence-electron chi connectivity index (χ4n) is 4.69. The quantitative estimate of drug-likeness (QED) is 0.265. The first kappa shape index (κ1) is 22.8. The van der Waals surface area contributed by atoms with Crippen molar-refractivity contribution in [2.24, 2.45) is 0 Å². The van der Waals surface area contributed by atoms with Gasteiger partial charge in [0.15, 0.2) is 5.82 Å². The summed E-state index contributed by atoms with van der Waals surface area (Å²) in [7, 11) is 0. The van der Waals surface area contributed by atoms with Crippen LogP contribution in [0.15, 0.2) is 72.0 Å². The Kier molecular flexibility index (Phi) is 6.40. The largest absolute Gasteiger partial charge is 0.350 e. The third kappa shape index (κ3) is 4.59. The number of piperidine rings is 1. The second-order valence-corrected chi connectivity index (χ2v) is 9.83. The molecule has 0 aliphatic carbocycles.